The van der Waals surface area contributed by atoms with Gasteiger partial charge in [0.15, 0.2) is 0 Å². The van der Waals surface area contributed by atoms with Gasteiger partial charge in [-0.1, -0.05) is 5.21 Å². The molecule has 0 saturated heterocycles. The summed E-state index contributed by atoms with van der Waals surface area (Å²) in [5.41, 5.74) is 11.0. The van der Waals surface area contributed by atoms with Crippen molar-refractivity contribution in [3.8, 4) is 0 Å². The summed E-state index contributed by atoms with van der Waals surface area (Å²) >= 11 is 0. The van der Waals surface area contributed by atoms with Crippen molar-refractivity contribution in [2.24, 2.45) is 11.5 Å². The molecule has 1 aromatic rings. The largest absolute Gasteiger partial charge is 0.351 e. The number of unbranched alkanes of at least 4 members (excludes halogenated alkanes) is 1. The van der Waals surface area contributed by atoms with Crippen LogP contribution in [0.2, 0.25) is 0 Å². The Bertz CT molecular complexity index is 389. The number of carbonyl (C=O) groups excluding carboxylic acids is 2. The maximum atomic E-state index is 11.2. The lowest BCUT2D eigenvalue weighted by molar-refractivity contribution is -0.120. The molecule has 0 aromatic carbocycles. The molecule has 1 heterocycles. The van der Waals surface area contributed by atoms with Crippen molar-refractivity contribution in [2.75, 3.05) is 6.54 Å². The van der Waals surface area contributed by atoms with Gasteiger partial charge in [0.1, 0.15) is 6.54 Å². The van der Waals surface area contributed by atoms with Gasteiger partial charge in [-0.25, -0.2) is 9.48 Å². The Kier molecular flexibility index (Phi) is 5.08. The molecule has 1 rings (SSSR count). The first-order valence-corrected chi connectivity index (χ1v) is 5.30. The zero-order valence-corrected chi connectivity index (χ0v) is 9.43. The van der Waals surface area contributed by atoms with E-state index in [1.807, 2.05) is 5.32 Å². The first-order valence-electron chi connectivity index (χ1n) is 5.30. The van der Waals surface area contributed by atoms with Crippen molar-refractivity contribution in [1.29, 1.82) is 0 Å². The Morgan fingerprint density at radius 3 is 2.82 bits per heavy atom. The lowest BCUT2D eigenvalue weighted by Crippen LogP contribution is -2.37. The molecule has 5 N–H and O–H groups in total. The van der Waals surface area contributed by atoms with E-state index < -0.39 is 11.9 Å². The predicted octanol–water partition coefficient (Wildman–Crippen LogP) is -1.25. The van der Waals surface area contributed by atoms with Crippen molar-refractivity contribution in [1.82, 2.24) is 20.3 Å². The van der Waals surface area contributed by atoms with Crippen LogP contribution in [-0.4, -0.2) is 33.5 Å². The van der Waals surface area contributed by atoms with Gasteiger partial charge in [0, 0.05) is 6.20 Å². The zero-order chi connectivity index (χ0) is 12.7. The number of nitrogens with zero attached hydrogens (tertiary/aromatic N) is 3. The molecule has 0 aliphatic heterocycles. The maximum Gasteiger partial charge on any atom is 0.318 e. The lowest BCUT2D eigenvalue weighted by atomic mass is 10.2. The normalized spacial score (nSPS) is 10.2. The molecule has 8 heteroatoms. The summed E-state index contributed by atoms with van der Waals surface area (Å²) in [4.78, 5) is 21.6. The number of hydrogen-bond acceptors (Lipinski definition) is 5. The van der Waals surface area contributed by atoms with Gasteiger partial charge in [-0.3, -0.25) is 10.1 Å². The molecule has 17 heavy (non-hydrogen) atoms. The second-order valence-corrected chi connectivity index (χ2v) is 3.57. The Morgan fingerprint density at radius 2 is 2.18 bits per heavy atom. The first-order chi connectivity index (χ1) is 8.11. The van der Waals surface area contributed by atoms with E-state index >= 15 is 0 Å². The number of imide groups is 1. The summed E-state index contributed by atoms with van der Waals surface area (Å²) in [6.07, 6.45) is 4.30. The summed E-state index contributed by atoms with van der Waals surface area (Å²) in [5, 5.41) is 9.61. The quantitative estimate of drug-likeness (QED) is 0.535. The van der Waals surface area contributed by atoms with E-state index in [1.165, 1.54) is 4.68 Å². The molecule has 0 unspecified atom stereocenters. The number of urea groups is 1. The van der Waals surface area contributed by atoms with Crippen LogP contribution in [0, 0.1) is 0 Å². The van der Waals surface area contributed by atoms with Crippen molar-refractivity contribution in [3.05, 3.63) is 11.9 Å². The number of primary amides is 1. The number of aryl methyl sites for hydroxylation is 1. The van der Waals surface area contributed by atoms with E-state index in [0.717, 1.165) is 25.0 Å². The van der Waals surface area contributed by atoms with Gasteiger partial charge in [0.2, 0.25) is 5.91 Å². The van der Waals surface area contributed by atoms with E-state index in [1.54, 1.807) is 6.20 Å². The van der Waals surface area contributed by atoms with E-state index in [2.05, 4.69) is 10.3 Å². The van der Waals surface area contributed by atoms with E-state index in [4.69, 9.17) is 11.5 Å². The Morgan fingerprint density at radius 1 is 1.41 bits per heavy atom. The molecule has 0 bridgehead atoms. The fourth-order valence-electron chi connectivity index (χ4n) is 1.30. The van der Waals surface area contributed by atoms with Gasteiger partial charge < -0.3 is 11.5 Å². The fourth-order valence-corrected chi connectivity index (χ4v) is 1.30. The summed E-state index contributed by atoms with van der Waals surface area (Å²) < 4.78 is 1.36. The highest BCUT2D eigenvalue weighted by molar-refractivity contribution is 5.93. The third-order valence-corrected chi connectivity index (χ3v) is 2.04. The third kappa shape index (κ3) is 5.07. The summed E-state index contributed by atoms with van der Waals surface area (Å²) in [5.74, 6) is -0.518. The van der Waals surface area contributed by atoms with Crippen LogP contribution < -0.4 is 16.8 Å². The summed E-state index contributed by atoms with van der Waals surface area (Å²) in [6.45, 7) is 0.571. The minimum atomic E-state index is -0.877. The van der Waals surface area contributed by atoms with E-state index in [0.29, 0.717) is 6.54 Å². The molecule has 0 saturated carbocycles. The molecule has 0 aliphatic carbocycles. The van der Waals surface area contributed by atoms with Crippen LogP contribution in [-0.2, 0) is 17.8 Å². The van der Waals surface area contributed by atoms with E-state index in [9.17, 15) is 9.59 Å². The highest BCUT2D eigenvalue weighted by Gasteiger charge is 2.07. The van der Waals surface area contributed by atoms with Crippen LogP contribution in [0.5, 0.6) is 0 Å². The number of nitrogens with one attached hydrogen (secondary N) is 1. The van der Waals surface area contributed by atoms with Gasteiger partial charge >= 0.3 is 6.03 Å². The number of amides is 3. The first kappa shape index (κ1) is 13.1. The molecule has 3 amide bonds. The summed E-state index contributed by atoms with van der Waals surface area (Å²) in [6, 6.07) is -0.877. The van der Waals surface area contributed by atoms with Crippen molar-refractivity contribution in [3.63, 3.8) is 0 Å². The number of nitrogens with two attached hydrogens (primary N) is 2. The smallest absolute Gasteiger partial charge is 0.318 e. The topological polar surface area (TPSA) is 129 Å². The second kappa shape index (κ2) is 6.59. The summed E-state index contributed by atoms with van der Waals surface area (Å²) in [7, 11) is 0. The van der Waals surface area contributed by atoms with Crippen molar-refractivity contribution < 1.29 is 9.59 Å². The molecule has 0 fully saturated rings. The minimum absolute atomic E-state index is 0.0766. The molecule has 94 valence electrons. The standard InChI is InChI=1S/C9H16N6O2/c10-4-2-1-3-7-5-15(14-13-7)6-8(16)12-9(11)17/h5H,1-4,6,10H2,(H3,11,12,16,17). The van der Waals surface area contributed by atoms with Crippen LogP contribution in [0.4, 0.5) is 4.79 Å². The highest BCUT2D eigenvalue weighted by Crippen LogP contribution is 2.00. The predicted molar refractivity (Wildman–Crippen MR) is 59.7 cm³/mol. The average molecular weight is 240 g/mol. The molecule has 1 aromatic heterocycles. The van der Waals surface area contributed by atoms with Crippen LogP contribution in [0.3, 0.4) is 0 Å². The second-order valence-electron chi connectivity index (χ2n) is 3.57. The maximum absolute atomic E-state index is 11.2. The minimum Gasteiger partial charge on any atom is -0.351 e. The van der Waals surface area contributed by atoms with Crippen molar-refractivity contribution in [2.45, 2.75) is 25.8 Å². The van der Waals surface area contributed by atoms with Crippen molar-refractivity contribution >= 4 is 11.9 Å². The fraction of sp³-hybridized carbons (Fsp3) is 0.556. The van der Waals surface area contributed by atoms with Gasteiger partial charge in [-0.15, -0.1) is 5.10 Å². The third-order valence-electron chi connectivity index (χ3n) is 2.04. The Hall–Kier alpha value is -1.96. The monoisotopic (exact) mass is 240 g/mol. The SMILES string of the molecule is NCCCCc1cn(CC(=O)NC(N)=O)nn1. The number of aromatic nitrogens is 3. The number of rotatable bonds is 6. The molecule has 0 spiro atoms. The van der Waals surface area contributed by atoms with Crippen LogP contribution in [0.15, 0.2) is 6.20 Å². The zero-order valence-electron chi connectivity index (χ0n) is 9.43. The van der Waals surface area contributed by atoms with Crippen LogP contribution >= 0.6 is 0 Å². The molecular formula is C9H16N6O2. The van der Waals surface area contributed by atoms with Gasteiger partial charge in [0.25, 0.3) is 0 Å². The van der Waals surface area contributed by atoms with E-state index in [-0.39, 0.29) is 6.54 Å². The molecule has 0 aliphatic rings. The van der Waals surface area contributed by atoms with Gasteiger partial charge in [-0.05, 0) is 25.8 Å². The Balaban J connectivity index is 2.39. The molecular weight excluding hydrogens is 224 g/mol. The lowest BCUT2D eigenvalue weighted by Gasteiger charge is -1.99. The average Bonchev–Trinajstić information content (AvgIpc) is 2.64. The number of carbonyl (C=O) groups is 2. The highest BCUT2D eigenvalue weighted by atomic mass is 16.2. The number of hydrogen-bond donors (Lipinski definition) is 3. The Labute approximate surface area is 98.3 Å². The molecule has 0 atom stereocenters. The molecule has 8 nitrogen and oxygen atoms in total. The van der Waals surface area contributed by atoms with Gasteiger partial charge in [0.05, 0.1) is 5.69 Å². The van der Waals surface area contributed by atoms with Crippen LogP contribution in [0.25, 0.3) is 0 Å². The molecule has 0 radical (unpaired) electrons. The van der Waals surface area contributed by atoms with Crippen LogP contribution in [0.1, 0.15) is 18.5 Å². The van der Waals surface area contributed by atoms with Gasteiger partial charge in [-0.2, -0.15) is 0 Å².